The number of likely N-dealkylation sites (tertiary alicyclic amines) is 1. The van der Waals surface area contributed by atoms with Crippen LogP contribution in [0, 0.1) is 31.1 Å². The SMILES string of the molecule is Cc1ccc2[nH]c(=O)c(C[C@H](NC(=O)[C@@H]3[C@@H]4[C@H](CN3C(=O)Cc3cc(C)[nH]n3)C4(C)C)C(N)=O)cc2c1. The van der Waals surface area contributed by atoms with Crippen molar-refractivity contribution in [1.82, 2.24) is 25.4 Å². The molecule has 10 heteroatoms. The van der Waals surface area contributed by atoms with Crippen LogP contribution in [0.15, 0.2) is 35.1 Å². The Morgan fingerprint density at radius 2 is 1.97 bits per heavy atom. The molecule has 3 heterocycles. The number of aromatic amines is 2. The van der Waals surface area contributed by atoms with Gasteiger partial charge in [0.05, 0.1) is 12.1 Å². The number of rotatable bonds is 7. The topological polar surface area (TPSA) is 154 Å². The van der Waals surface area contributed by atoms with Gasteiger partial charge in [-0.15, -0.1) is 0 Å². The van der Waals surface area contributed by atoms with Crippen LogP contribution in [0.5, 0.6) is 0 Å². The van der Waals surface area contributed by atoms with Crippen LogP contribution in [0.2, 0.25) is 0 Å². The van der Waals surface area contributed by atoms with Crippen molar-refractivity contribution < 1.29 is 14.4 Å². The van der Waals surface area contributed by atoms with Crippen molar-refractivity contribution in [3.8, 4) is 0 Å². The number of primary amides is 1. The average molecular weight is 505 g/mol. The van der Waals surface area contributed by atoms with Crippen molar-refractivity contribution in [1.29, 1.82) is 0 Å². The predicted molar refractivity (Wildman–Crippen MR) is 137 cm³/mol. The number of pyridine rings is 1. The molecule has 1 saturated heterocycles. The van der Waals surface area contributed by atoms with E-state index in [-0.39, 0.29) is 41.6 Å². The summed E-state index contributed by atoms with van der Waals surface area (Å²) in [5.74, 6) is -1.18. The van der Waals surface area contributed by atoms with Crippen LogP contribution in [0.25, 0.3) is 10.9 Å². The Morgan fingerprint density at radius 3 is 2.65 bits per heavy atom. The highest BCUT2D eigenvalue weighted by molar-refractivity contribution is 5.93. The third-order valence-corrected chi connectivity index (χ3v) is 8.05. The summed E-state index contributed by atoms with van der Waals surface area (Å²) in [6, 6.07) is 7.38. The lowest BCUT2D eigenvalue weighted by Gasteiger charge is -2.31. The number of piperidine rings is 1. The summed E-state index contributed by atoms with van der Waals surface area (Å²) in [7, 11) is 0. The molecule has 0 bridgehead atoms. The van der Waals surface area contributed by atoms with Crippen LogP contribution in [0.1, 0.15) is 36.4 Å². The van der Waals surface area contributed by atoms with Gasteiger partial charge in [-0.25, -0.2) is 0 Å². The van der Waals surface area contributed by atoms with Crippen molar-refractivity contribution in [2.45, 2.75) is 52.6 Å². The standard InChI is InChI=1S/C27H32N6O4/c1-13-5-6-19-15(7-13)9-16(25(36)29-19)10-20(24(28)35)30-26(37)23-22-18(27(22,3)4)12-33(23)21(34)11-17-8-14(2)31-32-17/h5-9,18,20,22-23H,10-12H2,1-4H3,(H2,28,35)(H,29,36)(H,30,37)(H,31,32)/t18-,20-,22-,23-/m0/s1. The largest absolute Gasteiger partial charge is 0.368 e. The minimum Gasteiger partial charge on any atom is -0.368 e. The van der Waals surface area contributed by atoms with Crippen molar-refractivity contribution >= 4 is 28.6 Å². The zero-order valence-corrected chi connectivity index (χ0v) is 21.4. The van der Waals surface area contributed by atoms with E-state index in [0.717, 1.165) is 16.6 Å². The fraction of sp³-hybridized carbons (Fsp3) is 0.444. The van der Waals surface area contributed by atoms with Crippen LogP contribution in [0.4, 0.5) is 0 Å². The second kappa shape index (κ2) is 8.86. The van der Waals surface area contributed by atoms with Gasteiger partial charge in [-0.1, -0.05) is 25.5 Å². The molecule has 37 heavy (non-hydrogen) atoms. The van der Waals surface area contributed by atoms with Crippen molar-refractivity contribution in [3.05, 3.63) is 63.2 Å². The lowest BCUT2D eigenvalue weighted by atomic mass is 9.99. The number of nitrogens with zero attached hydrogens (tertiary/aromatic N) is 2. The maximum absolute atomic E-state index is 13.6. The fourth-order valence-electron chi connectivity index (χ4n) is 5.89. The minimum absolute atomic E-state index is 0.0158. The second-order valence-electron chi connectivity index (χ2n) is 11.0. The van der Waals surface area contributed by atoms with Gasteiger partial charge in [-0.3, -0.25) is 24.3 Å². The molecule has 3 amide bonds. The molecule has 5 rings (SSSR count). The third-order valence-electron chi connectivity index (χ3n) is 8.05. The number of nitrogens with one attached hydrogen (secondary N) is 3. The van der Waals surface area contributed by atoms with E-state index in [1.54, 1.807) is 17.0 Å². The zero-order chi connectivity index (χ0) is 26.6. The number of carbonyl (C=O) groups is 3. The Kier molecular flexibility index (Phi) is 5.92. The average Bonchev–Trinajstić information content (AvgIpc) is 3.18. The molecule has 0 unspecified atom stereocenters. The van der Waals surface area contributed by atoms with Crippen LogP contribution >= 0.6 is 0 Å². The van der Waals surface area contributed by atoms with Crippen molar-refractivity contribution in [3.63, 3.8) is 0 Å². The first-order valence-electron chi connectivity index (χ1n) is 12.5. The number of benzene rings is 1. The number of aromatic nitrogens is 3. The maximum atomic E-state index is 13.6. The number of hydrogen-bond acceptors (Lipinski definition) is 5. The van der Waals surface area contributed by atoms with E-state index in [1.165, 1.54) is 0 Å². The summed E-state index contributed by atoms with van der Waals surface area (Å²) in [6.45, 7) is 8.46. The smallest absolute Gasteiger partial charge is 0.251 e. The number of amides is 3. The Labute approximate surface area is 214 Å². The molecule has 0 radical (unpaired) electrons. The first-order chi connectivity index (χ1) is 17.5. The van der Waals surface area contributed by atoms with Crippen LogP contribution < -0.4 is 16.6 Å². The molecule has 3 aromatic rings. The first-order valence-corrected chi connectivity index (χ1v) is 12.5. The molecule has 1 aromatic carbocycles. The quantitative estimate of drug-likeness (QED) is 0.379. The van der Waals surface area contributed by atoms with E-state index in [4.69, 9.17) is 5.73 Å². The van der Waals surface area contributed by atoms with Gasteiger partial charge >= 0.3 is 0 Å². The summed E-state index contributed by atoms with van der Waals surface area (Å²) in [5, 5.41) is 10.6. The van der Waals surface area contributed by atoms with E-state index in [2.05, 4.69) is 34.3 Å². The highest BCUT2D eigenvalue weighted by atomic mass is 16.2. The van der Waals surface area contributed by atoms with Crippen LogP contribution in [0.3, 0.4) is 0 Å². The Morgan fingerprint density at radius 1 is 1.22 bits per heavy atom. The highest BCUT2D eigenvalue weighted by Gasteiger charge is 2.69. The van der Waals surface area contributed by atoms with E-state index >= 15 is 0 Å². The summed E-state index contributed by atoms with van der Waals surface area (Å²) in [6.07, 6.45) is 0.0319. The van der Waals surface area contributed by atoms with Crippen molar-refractivity contribution in [2.75, 3.05) is 6.54 Å². The van der Waals surface area contributed by atoms with Gasteiger partial charge in [0.15, 0.2) is 0 Å². The van der Waals surface area contributed by atoms with Gasteiger partial charge in [-0.2, -0.15) is 5.10 Å². The fourth-order valence-corrected chi connectivity index (χ4v) is 5.89. The Bertz CT molecular complexity index is 1470. The molecule has 1 aliphatic carbocycles. The van der Waals surface area contributed by atoms with Gasteiger partial charge in [0.2, 0.25) is 17.7 Å². The summed E-state index contributed by atoms with van der Waals surface area (Å²) in [4.78, 5) is 56.2. The van der Waals surface area contributed by atoms with Gasteiger partial charge in [-0.05, 0) is 60.7 Å². The monoisotopic (exact) mass is 504 g/mol. The molecule has 2 aliphatic rings. The molecular weight excluding hydrogens is 472 g/mol. The van der Waals surface area contributed by atoms with E-state index in [1.807, 2.05) is 32.0 Å². The van der Waals surface area contributed by atoms with E-state index in [0.29, 0.717) is 23.3 Å². The molecule has 5 N–H and O–H groups in total. The Balaban J connectivity index is 1.36. The number of aryl methyl sites for hydroxylation is 2. The molecule has 194 valence electrons. The molecule has 2 aromatic heterocycles. The molecule has 1 aliphatic heterocycles. The van der Waals surface area contributed by atoms with Gasteiger partial charge in [0.25, 0.3) is 5.56 Å². The number of H-pyrrole nitrogens is 2. The molecule has 0 spiro atoms. The molecule has 4 atom stereocenters. The lowest BCUT2D eigenvalue weighted by molar-refractivity contribution is -0.140. The van der Waals surface area contributed by atoms with Crippen LogP contribution in [-0.2, 0) is 27.2 Å². The third kappa shape index (κ3) is 4.52. The van der Waals surface area contributed by atoms with Crippen molar-refractivity contribution in [2.24, 2.45) is 23.0 Å². The molecular formula is C27H32N6O4. The maximum Gasteiger partial charge on any atom is 0.251 e. The zero-order valence-electron chi connectivity index (χ0n) is 21.4. The Hall–Kier alpha value is -3.95. The second-order valence-corrected chi connectivity index (χ2v) is 11.0. The molecule has 2 fully saturated rings. The van der Waals surface area contributed by atoms with Gasteiger partial charge in [0.1, 0.15) is 12.1 Å². The molecule has 1 saturated carbocycles. The highest BCUT2D eigenvalue weighted by Crippen LogP contribution is 2.64. The summed E-state index contributed by atoms with van der Waals surface area (Å²) in [5.41, 5.74) is 8.76. The predicted octanol–water partition coefficient (Wildman–Crippen LogP) is 1.11. The molecule has 10 nitrogen and oxygen atoms in total. The lowest BCUT2D eigenvalue weighted by Crippen LogP contribution is -2.55. The normalized spacial score (nSPS) is 22.5. The summed E-state index contributed by atoms with van der Waals surface area (Å²) < 4.78 is 0. The van der Waals surface area contributed by atoms with Gasteiger partial charge in [0, 0.05) is 29.7 Å². The van der Waals surface area contributed by atoms with E-state index < -0.39 is 23.9 Å². The summed E-state index contributed by atoms with van der Waals surface area (Å²) >= 11 is 0. The number of nitrogens with two attached hydrogens (primary N) is 1. The number of hydrogen-bond donors (Lipinski definition) is 4. The number of carbonyl (C=O) groups excluding carboxylic acids is 3. The van der Waals surface area contributed by atoms with Gasteiger partial charge < -0.3 is 20.9 Å². The first kappa shape index (κ1) is 24.7. The van der Waals surface area contributed by atoms with E-state index in [9.17, 15) is 19.2 Å². The number of fused-ring (bicyclic) bond motifs is 2. The minimum atomic E-state index is -1.09. The van der Waals surface area contributed by atoms with Crippen LogP contribution in [-0.4, -0.2) is 56.4 Å².